The summed E-state index contributed by atoms with van der Waals surface area (Å²) in [5, 5.41) is 0. The molecule has 10 heteroatoms. The van der Waals surface area contributed by atoms with E-state index in [1.807, 2.05) is 28.5 Å². The van der Waals surface area contributed by atoms with Gasteiger partial charge in [0.05, 0.1) is 33.1 Å². The molecule has 3 aromatic rings. The highest BCUT2D eigenvalue weighted by atomic mass is 16.5. The highest BCUT2D eigenvalue weighted by Crippen LogP contribution is 2.39. The number of anilines is 2. The first-order valence-corrected chi connectivity index (χ1v) is 9.79. The molecule has 3 heterocycles. The van der Waals surface area contributed by atoms with Crippen molar-refractivity contribution in [3.05, 3.63) is 39.0 Å². The molecular formula is C20H25N5O5. The van der Waals surface area contributed by atoms with Gasteiger partial charge in [0.25, 0.3) is 5.56 Å². The Morgan fingerprint density at radius 1 is 1.13 bits per heavy atom. The van der Waals surface area contributed by atoms with Crippen molar-refractivity contribution >= 4 is 22.8 Å². The molecule has 0 bridgehead atoms. The summed E-state index contributed by atoms with van der Waals surface area (Å²) >= 11 is 0. The predicted molar refractivity (Wildman–Crippen MR) is 112 cm³/mol. The number of fused-ring (bicyclic) bond motifs is 3. The summed E-state index contributed by atoms with van der Waals surface area (Å²) in [4.78, 5) is 32.5. The van der Waals surface area contributed by atoms with Gasteiger partial charge in [-0.1, -0.05) is 0 Å². The third kappa shape index (κ3) is 3.04. The molecule has 30 heavy (non-hydrogen) atoms. The fourth-order valence-corrected chi connectivity index (χ4v) is 3.81. The van der Waals surface area contributed by atoms with E-state index in [0.29, 0.717) is 54.9 Å². The second-order valence-corrected chi connectivity index (χ2v) is 6.92. The highest BCUT2D eigenvalue weighted by Gasteiger charge is 2.30. The standard InChI is InChI=1S/C20H25N5O5/c1-5-30-11-10-25-18(26)16-17(22(2)20(25)27)21-19-23(8-9-24(16)19)14-7-6-13(28-3)12-15(14)29-4/h6-7,12H,5,8-11H2,1-4H3. The van der Waals surface area contributed by atoms with Gasteiger partial charge >= 0.3 is 5.69 Å². The molecule has 0 aliphatic carbocycles. The molecule has 0 radical (unpaired) electrons. The number of nitrogens with zero attached hydrogens (tertiary/aromatic N) is 5. The zero-order chi connectivity index (χ0) is 21.4. The van der Waals surface area contributed by atoms with Crippen molar-refractivity contribution in [1.29, 1.82) is 0 Å². The second kappa shape index (κ2) is 7.86. The fraction of sp³-hybridized carbons (Fsp3) is 0.450. The minimum absolute atomic E-state index is 0.200. The van der Waals surface area contributed by atoms with Crippen molar-refractivity contribution in [3.63, 3.8) is 0 Å². The van der Waals surface area contributed by atoms with E-state index in [1.165, 1.54) is 9.13 Å². The summed E-state index contributed by atoms with van der Waals surface area (Å²) in [6.45, 7) is 4.09. The summed E-state index contributed by atoms with van der Waals surface area (Å²) in [6.07, 6.45) is 0. The second-order valence-electron chi connectivity index (χ2n) is 6.92. The van der Waals surface area contributed by atoms with Gasteiger partial charge in [0.2, 0.25) is 5.95 Å². The quantitative estimate of drug-likeness (QED) is 0.534. The Kier molecular flexibility index (Phi) is 5.25. The van der Waals surface area contributed by atoms with Crippen molar-refractivity contribution in [2.24, 2.45) is 7.05 Å². The zero-order valence-corrected chi connectivity index (χ0v) is 17.5. The highest BCUT2D eigenvalue weighted by molar-refractivity contribution is 5.79. The van der Waals surface area contributed by atoms with E-state index >= 15 is 0 Å². The van der Waals surface area contributed by atoms with Crippen LogP contribution in [0.2, 0.25) is 0 Å². The average molecular weight is 415 g/mol. The molecule has 160 valence electrons. The van der Waals surface area contributed by atoms with E-state index in [-0.39, 0.29) is 12.1 Å². The predicted octanol–water partition coefficient (Wildman–Crippen LogP) is 1.10. The van der Waals surface area contributed by atoms with Crippen LogP contribution < -0.4 is 25.6 Å². The van der Waals surface area contributed by atoms with Crippen LogP contribution in [0.15, 0.2) is 27.8 Å². The number of methoxy groups -OCH3 is 2. The molecule has 1 aliphatic heterocycles. The van der Waals surface area contributed by atoms with Gasteiger partial charge in [-0.05, 0) is 19.1 Å². The van der Waals surface area contributed by atoms with Crippen LogP contribution in [-0.2, 0) is 24.9 Å². The lowest BCUT2D eigenvalue weighted by Gasteiger charge is -2.19. The van der Waals surface area contributed by atoms with Crippen molar-refractivity contribution in [2.45, 2.75) is 20.0 Å². The Labute approximate surface area is 172 Å². The summed E-state index contributed by atoms with van der Waals surface area (Å²) in [5.74, 6) is 1.92. The van der Waals surface area contributed by atoms with E-state index in [1.54, 1.807) is 27.3 Å². The van der Waals surface area contributed by atoms with Crippen LogP contribution in [0.5, 0.6) is 11.5 Å². The molecule has 1 aliphatic rings. The number of imidazole rings is 1. The van der Waals surface area contributed by atoms with Gasteiger partial charge in [-0.25, -0.2) is 4.79 Å². The third-order valence-corrected chi connectivity index (χ3v) is 5.34. The van der Waals surface area contributed by atoms with Crippen LogP contribution in [-0.4, -0.2) is 52.7 Å². The number of hydrogen-bond acceptors (Lipinski definition) is 7. The van der Waals surface area contributed by atoms with Crippen molar-refractivity contribution < 1.29 is 14.2 Å². The van der Waals surface area contributed by atoms with E-state index < -0.39 is 5.69 Å². The molecule has 0 saturated carbocycles. The third-order valence-electron chi connectivity index (χ3n) is 5.34. The maximum Gasteiger partial charge on any atom is 0.332 e. The minimum Gasteiger partial charge on any atom is -0.497 e. The van der Waals surface area contributed by atoms with Gasteiger partial charge in [0.1, 0.15) is 11.5 Å². The van der Waals surface area contributed by atoms with Gasteiger partial charge in [-0.15, -0.1) is 0 Å². The van der Waals surface area contributed by atoms with Crippen LogP contribution in [0.3, 0.4) is 0 Å². The number of aromatic nitrogens is 4. The lowest BCUT2D eigenvalue weighted by Crippen LogP contribution is -2.40. The molecular weight excluding hydrogens is 390 g/mol. The monoisotopic (exact) mass is 415 g/mol. The molecule has 0 amide bonds. The summed E-state index contributed by atoms with van der Waals surface area (Å²) < 4.78 is 20.6. The molecule has 0 atom stereocenters. The number of hydrogen-bond donors (Lipinski definition) is 0. The molecule has 2 aromatic heterocycles. The number of aryl methyl sites for hydroxylation is 1. The smallest absolute Gasteiger partial charge is 0.332 e. The van der Waals surface area contributed by atoms with Gasteiger partial charge < -0.3 is 23.7 Å². The Bertz CT molecular complexity index is 1210. The Morgan fingerprint density at radius 3 is 2.63 bits per heavy atom. The zero-order valence-electron chi connectivity index (χ0n) is 17.5. The van der Waals surface area contributed by atoms with E-state index in [0.717, 1.165) is 5.69 Å². The maximum absolute atomic E-state index is 13.1. The van der Waals surface area contributed by atoms with Gasteiger partial charge in [0.15, 0.2) is 11.2 Å². The molecule has 0 saturated heterocycles. The van der Waals surface area contributed by atoms with Crippen molar-refractivity contribution in [2.75, 3.05) is 38.9 Å². The molecule has 0 spiro atoms. The molecule has 0 unspecified atom stereocenters. The van der Waals surface area contributed by atoms with Crippen LogP contribution in [0.1, 0.15) is 6.92 Å². The minimum atomic E-state index is -0.405. The van der Waals surface area contributed by atoms with Crippen molar-refractivity contribution in [1.82, 2.24) is 18.7 Å². The lowest BCUT2D eigenvalue weighted by atomic mass is 10.2. The lowest BCUT2D eigenvalue weighted by molar-refractivity contribution is 0.137. The Morgan fingerprint density at radius 2 is 1.93 bits per heavy atom. The number of rotatable bonds is 7. The van der Waals surface area contributed by atoms with Crippen LogP contribution >= 0.6 is 0 Å². The number of benzene rings is 1. The van der Waals surface area contributed by atoms with Crippen LogP contribution in [0.25, 0.3) is 11.2 Å². The van der Waals surface area contributed by atoms with Gasteiger partial charge in [0, 0.05) is 32.8 Å². The summed E-state index contributed by atoms with van der Waals surface area (Å²) in [6, 6.07) is 5.54. The first kappa shape index (κ1) is 20.0. The molecule has 10 nitrogen and oxygen atoms in total. The topological polar surface area (TPSA) is 92.8 Å². The first-order chi connectivity index (χ1) is 14.5. The normalized spacial score (nSPS) is 13.1. The van der Waals surface area contributed by atoms with Crippen LogP contribution in [0, 0.1) is 0 Å². The average Bonchev–Trinajstić information content (AvgIpc) is 3.33. The molecule has 0 N–H and O–H groups in total. The van der Waals surface area contributed by atoms with E-state index in [4.69, 9.17) is 14.2 Å². The fourth-order valence-electron chi connectivity index (χ4n) is 3.81. The molecule has 1 aromatic carbocycles. The SMILES string of the molecule is CCOCCn1c(=O)c2c(nc3n2CCN3c2ccc(OC)cc2OC)n(C)c1=O. The molecule has 4 rings (SSSR count). The van der Waals surface area contributed by atoms with E-state index in [2.05, 4.69) is 4.98 Å². The Hall–Kier alpha value is -3.27. The molecule has 0 fully saturated rings. The van der Waals surface area contributed by atoms with Gasteiger partial charge in [-0.3, -0.25) is 13.9 Å². The summed E-state index contributed by atoms with van der Waals surface area (Å²) in [5.41, 5.74) is 0.838. The van der Waals surface area contributed by atoms with Crippen LogP contribution in [0.4, 0.5) is 11.6 Å². The summed E-state index contributed by atoms with van der Waals surface area (Å²) in [7, 11) is 4.82. The van der Waals surface area contributed by atoms with Gasteiger partial charge in [-0.2, -0.15) is 4.98 Å². The number of ether oxygens (including phenoxy) is 3. The Balaban J connectivity index is 1.85. The maximum atomic E-state index is 13.1. The van der Waals surface area contributed by atoms with E-state index in [9.17, 15) is 9.59 Å². The largest absolute Gasteiger partial charge is 0.497 e. The first-order valence-electron chi connectivity index (χ1n) is 9.79. The van der Waals surface area contributed by atoms with Crippen molar-refractivity contribution in [3.8, 4) is 11.5 Å².